The third kappa shape index (κ3) is 5.20. The van der Waals surface area contributed by atoms with E-state index in [1.54, 1.807) is 18.2 Å². The second-order valence-electron chi connectivity index (χ2n) is 5.51. The lowest BCUT2D eigenvalue weighted by molar-refractivity contribution is -0.128. The molecule has 0 aromatic heterocycles. The van der Waals surface area contributed by atoms with Crippen molar-refractivity contribution in [2.45, 2.75) is 50.4 Å². The number of nitrogens with one attached hydrogen (secondary N) is 1. The number of carbonyl (C=O) groups is 1. The smallest absolute Gasteiger partial charge is 0.261 e. The van der Waals surface area contributed by atoms with E-state index in [1.807, 2.05) is 18.7 Å². The first-order valence-corrected chi connectivity index (χ1v) is 9.06. The average molecular weight is 325 g/mol. The Balaban J connectivity index is 1.73. The minimum atomic E-state index is -0.645. The van der Waals surface area contributed by atoms with Gasteiger partial charge in [-0.2, -0.15) is 11.8 Å². The topological polar surface area (TPSA) is 38.3 Å². The van der Waals surface area contributed by atoms with Crippen molar-refractivity contribution in [1.82, 2.24) is 5.32 Å². The molecule has 1 amide bonds. The predicted octanol–water partition coefficient (Wildman–Crippen LogP) is 3.78. The van der Waals surface area contributed by atoms with E-state index in [4.69, 9.17) is 4.74 Å². The van der Waals surface area contributed by atoms with Crippen LogP contribution in [0.4, 0.5) is 4.39 Å². The molecule has 3 nitrogen and oxygen atoms in total. The molecule has 1 fully saturated rings. The van der Waals surface area contributed by atoms with Gasteiger partial charge in [-0.25, -0.2) is 4.39 Å². The van der Waals surface area contributed by atoms with E-state index in [2.05, 4.69) is 5.32 Å². The van der Waals surface area contributed by atoms with E-state index in [0.717, 1.165) is 11.0 Å². The molecule has 0 radical (unpaired) electrons. The first-order chi connectivity index (χ1) is 10.7. The molecular weight excluding hydrogens is 301 g/mol. The van der Waals surface area contributed by atoms with Crippen LogP contribution in [0.15, 0.2) is 24.3 Å². The molecule has 22 heavy (non-hydrogen) atoms. The van der Waals surface area contributed by atoms with Crippen LogP contribution in [0.25, 0.3) is 0 Å². The Kier molecular flexibility index (Phi) is 7.03. The van der Waals surface area contributed by atoms with Gasteiger partial charge in [0.15, 0.2) is 17.7 Å². The number of thioether (sulfide) groups is 1. The number of rotatable bonds is 8. The molecule has 1 saturated carbocycles. The summed E-state index contributed by atoms with van der Waals surface area (Å²) in [5, 5.41) is 3.65. The lowest BCUT2D eigenvalue weighted by atomic mass is 10.2. The number of ether oxygens (including phenoxy) is 1. The fraction of sp³-hybridized carbons (Fsp3) is 0.588. The predicted molar refractivity (Wildman–Crippen MR) is 88.8 cm³/mol. The summed E-state index contributed by atoms with van der Waals surface area (Å²) in [7, 11) is 0. The summed E-state index contributed by atoms with van der Waals surface area (Å²) in [6.45, 7) is 2.50. The molecule has 122 valence electrons. The molecule has 0 spiro atoms. The highest BCUT2D eigenvalue weighted by Gasteiger charge is 2.20. The van der Waals surface area contributed by atoms with Gasteiger partial charge in [-0.15, -0.1) is 0 Å². The number of para-hydroxylation sites is 1. The highest BCUT2D eigenvalue weighted by atomic mass is 32.2. The van der Waals surface area contributed by atoms with Gasteiger partial charge < -0.3 is 10.1 Å². The maximum absolute atomic E-state index is 13.6. The summed E-state index contributed by atoms with van der Waals surface area (Å²) >= 11 is 1.94. The summed E-state index contributed by atoms with van der Waals surface area (Å²) in [6.07, 6.45) is 5.12. The van der Waals surface area contributed by atoms with Crippen molar-refractivity contribution in [1.29, 1.82) is 0 Å². The average Bonchev–Trinajstić information content (AvgIpc) is 3.04. The quantitative estimate of drug-likeness (QED) is 0.739. The third-order valence-corrected chi connectivity index (χ3v) is 5.21. The Hall–Kier alpha value is -1.23. The number of amides is 1. The van der Waals surface area contributed by atoms with Gasteiger partial charge in [-0.1, -0.05) is 31.9 Å². The van der Waals surface area contributed by atoms with Crippen molar-refractivity contribution in [3.05, 3.63) is 30.1 Å². The zero-order valence-electron chi connectivity index (χ0n) is 13.0. The number of hydrogen-bond donors (Lipinski definition) is 1. The van der Waals surface area contributed by atoms with Gasteiger partial charge in [0.25, 0.3) is 5.91 Å². The Morgan fingerprint density at radius 2 is 2.14 bits per heavy atom. The fourth-order valence-electron chi connectivity index (χ4n) is 2.58. The molecule has 0 unspecified atom stereocenters. The van der Waals surface area contributed by atoms with Gasteiger partial charge in [0, 0.05) is 17.5 Å². The monoisotopic (exact) mass is 325 g/mol. The standard InChI is InChI=1S/C17H24FNO2S/c1-2-15(21-16-10-6-5-9-14(16)18)17(20)19-11-12-22-13-7-3-4-8-13/h5-6,9-10,13,15H,2-4,7-8,11-12H2,1H3,(H,19,20)/t15-/m1/s1. The normalized spacial score (nSPS) is 16.5. The highest BCUT2D eigenvalue weighted by Crippen LogP contribution is 2.28. The molecule has 1 aliphatic carbocycles. The van der Waals surface area contributed by atoms with Crippen LogP contribution < -0.4 is 10.1 Å². The van der Waals surface area contributed by atoms with Gasteiger partial charge in [0.1, 0.15) is 0 Å². The Bertz CT molecular complexity index is 477. The van der Waals surface area contributed by atoms with Gasteiger partial charge >= 0.3 is 0 Å². The van der Waals surface area contributed by atoms with E-state index >= 15 is 0 Å². The first kappa shape index (κ1) is 17.1. The zero-order valence-corrected chi connectivity index (χ0v) is 13.8. The second kappa shape index (κ2) is 9.03. The Morgan fingerprint density at radius 1 is 1.41 bits per heavy atom. The van der Waals surface area contributed by atoms with Crippen molar-refractivity contribution in [2.24, 2.45) is 0 Å². The summed E-state index contributed by atoms with van der Waals surface area (Å²) < 4.78 is 19.1. The molecule has 0 bridgehead atoms. The van der Waals surface area contributed by atoms with E-state index < -0.39 is 11.9 Å². The molecule has 0 saturated heterocycles. The largest absolute Gasteiger partial charge is 0.478 e. The Labute approximate surface area is 136 Å². The van der Waals surface area contributed by atoms with E-state index in [-0.39, 0.29) is 11.7 Å². The zero-order chi connectivity index (χ0) is 15.8. The molecule has 2 rings (SSSR count). The van der Waals surface area contributed by atoms with Crippen molar-refractivity contribution < 1.29 is 13.9 Å². The van der Waals surface area contributed by atoms with Gasteiger partial charge in [0.05, 0.1) is 0 Å². The maximum Gasteiger partial charge on any atom is 0.261 e. The molecule has 0 aliphatic heterocycles. The van der Waals surface area contributed by atoms with Crippen LogP contribution in [-0.4, -0.2) is 29.6 Å². The minimum Gasteiger partial charge on any atom is -0.478 e. The van der Waals surface area contributed by atoms with Gasteiger partial charge in [-0.05, 0) is 31.4 Å². The molecule has 1 atom stereocenters. The van der Waals surface area contributed by atoms with E-state index in [1.165, 1.54) is 31.7 Å². The van der Waals surface area contributed by atoms with Crippen LogP contribution in [0.2, 0.25) is 0 Å². The fourth-order valence-corrected chi connectivity index (χ4v) is 3.80. The van der Waals surface area contributed by atoms with Gasteiger partial charge in [-0.3, -0.25) is 4.79 Å². The van der Waals surface area contributed by atoms with Crippen molar-refractivity contribution in [3.8, 4) is 5.75 Å². The number of benzene rings is 1. The van der Waals surface area contributed by atoms with Crippen LogP contribution in [0.3, 0.4) is 0 Å². The maximum atomic E-state index is 13.6. The minimum absolute atomic E-state index is 0.129. The summed E-state index contributed by atoms with van der Waals surface area (Å²) in [4.78, 5) is 12.1. The number of halogens is 1. The lowest BCUT2D eigenvalue weighted by Crippen LogP contribution is -2.39. The van der Waals surface area contributed by atoms with E-state index in [0.29, 0.717) is 13.0 Å². The third-order valence-electron chi connectivity index (χ3n) is 3.83. The molecule has 1 N–H and O–H groups in total. The van der Waals surface area contributed by atoms with Crippen LogP contribution in [0.5, 0.6) is 5.75 Å². The SMILES string of the molecule is CC[C@@H](Oc1ccccc1F)C(=O)NCCSC1CCCC1. The molecule has 5 heteroatoms. The van der Waals surface area contributed by atoms with Crippen LogP contribution in [0.1, 0.15) is 39.0 Å². The summed E-state index contributed by atoms with van der Waals surface area (Å²) in [5.41, 5.74) is 0. The Morgan fingerprint density at radius 3 is 2.82 bits per heavy atom. The van der Waals surface area contributed by atoms with Crippen molar-refractivity contribution >= 4 is 17.7 Å². The lowest BCUT2D eigenvalue weighted by Gasteiger charge is -2.18. The molecule has 1 aromatic carbocycles. The number of carbonyl (C=O) groups excluding carboxylic acids is 1. The molecular formula is C17H24FNO2S. The first-order valence-electron chi connectivity index (χ1n) is 8.01. The number of hydrogen-bond acceptors (Lipinski definition) is 3. The summed E-state index contributed by atoms with van der Waals surface area (Å²) in [5.74, 6) is 0.445. The van der Waals surface area contributed by atoms with Crippen LogP contribution in [0, 0.1) is 5.82 Å². The molecule has 1 aliphatic rings. The molecule has 1 aromatic rings. The van der Waals surface area contributed by atoms with Crippen molar-refractivity contribution in [3.63, 3.8) is 0 Å². The molecule has 0 heterocycles. The summed E-state index contributed by atoms with van der Waals surface area (Å²) in [6, 6.07) is 6.17. The van der Waals surface area contributed by atoms with E-state index in [9.17, 15) is 9.18 Å². The van der Waals surface area contributed by atoms with Crippen LogP contribution in [-0.2, 0) is 4.79 Å². The van der Waals surface area contributed by atoms with Crippen molar-refractivity contribution in [2.75, 3.05) is 12.3 Å². The van der Waals surface area contributed by atoms with Crippen LogP contribution >= 0.6 is 11.8 Å². The highest BCUT2D eigenvalue weighted by molar-refractivity contribution is 7.99. The second-order valence-corrected chi connectivity index (χ2v) is 6.92. The van der Waals surface area contributed by atoms with Gasteiger partial charge in [0.2, 0.25) is 0 Å².